The first-order chi connectivity index (χ1) is 11.3. The van der Waals surface area contributed by atoms with Gasteiger partial charge in [0.2, 0.25) is 0 Å². The molecule has 1 atom stereocenters. The molecular formula is C18H21NO5. The maximum Gasteiger partial charge on any atom is 0.319 e. The summed E-state index contributed by atoms with van der Waals surface area (Å²) in [6.07, 6.45) is 3.05. The maximum atomic E-state index is 13.2. The number of hydrogen-bond acceptors (Lipinski definition) is 5. The lowest BCUT2D eigenvalue weighted by molar-refractivity contribution is -0.386. The van der Waals surface area contributed by atoms with Crippen LogP contribution in [0.5, 0.6) is 0 Å². The number of esters is 1. The molecule has 24 heavy (non-hydrogen) atoms. The van der Waals surface area contributed by atoms with E-state index in [1.165, 1.54) is 6.07 Å². The number of ether oxygens (including phenoxy) is 1. The van der Waals surface area contributed by atoms with Crippen molar-refractivity contribution in [1.82, 2.24) is 0 Å². The van der Waals surface area contributed by atoms with Gasteiger partial charge in [0, 0.05) is 6.07 Å². The van der Waals surface area contributed by atoms with Gasteiger partial charge in [0.15, 0.2) is 5.78 Å². The van der Waals surface area contributed by atoms with E-state index in [-0.39, 0.29) is 11.5 Å². The lowest BCUT2D eigenvalue weighted by Crippen LogP contribution is -2.55. The van der Waals surface area contributed by atoms with E-state index in [0.29, 0.717) is 18.4 Å². The van der Waals surface area contributed by atoms with Crippen molar-refractivity contribution in [2.75, 3.05) is 0 Å². The largest absolute Gasteiger partial charge is 0.455 e. The Morgan fingerprint density at radius 1 is 1.12 bits per heavy atom. The molecule has 1 unspecified atom stereocenters. The molecule has 1 spiro atoms. The Bertz CT molecular complexity index is 703. The van der Waals surface area contributed by atoms with Crippen LogP contribution in [-0.4, -0.2) is 16.7 Å². The van der Waals surface area contributed by atoms with E-state index in [1.54, 1.807) is 32.0 Å². The summed E-state index contributed by atoms with van der Waals surface area (Å²) < 4.78 is 5.68. The molecule has 2 fully saturated rings. The van der Waals surface area contributed by atoms with Gasteiger partial charge >= 0.3 is 5.97 Å². The lowest BCUT2D eigenvalue weighted by Gasteiger charge is -2.48. The van der Waals surface area contributed by atoms with Crippen LogP contribution in [0, 0.1) is 20.9 Å². The lowest BCUT2D eigenvalue weighted by atomic mass is 9.58. The van der Waals surface area contributed by atoms with E-state index >= 15 is 0 Å². The molecule has 1 aliphatic heterocycles. The summed E-state index contributed by atoms with van der Waals surface area (Å²) in [5.74, 6) is -0.749. The molecule has 0 radical (unpaired) electrons. The highest BCUT2D eigenvalue weighted by Gasteiger charge is 2.61. The Balaban J connectivity index is 2.16. The standard InChI is InChI=1S/C18H21NO5/c1-17(2)15(20)18(10-6-3-7-11-18)14(24-16(17)21)12-8-4-5-9-13(12)19(22)23/h4-5,8-9,14H,3,6-7,10-11H2,1-2H3. The minimum absolute atomic E-state index is 0.104. The summed E-state index contributed by atoms with van der Waals surface area (Å²) >= 11 is 0. The number of Topliss-reactive ketones (excluding diaryl/α,β-unsaturated/α-hetero) is 1. The molecule has 6 nitrogen and oxygen atoms in total. The van der Waals surface area contributed by atoms with E-state index in [1.807, 2.05) is 0 Å². The third-order valence-corrected chi connectivity index (χ3v) is 5.42. The molecule has 1 aromatic carbocycles. The molecule has 1 saturated heterocycles. The molecular weight excluding hydrogens is 310 g/mol. The highest BCUT2D eigenvalue weighted by Crippen LogP contribution is 2.56. The van der Waals surface area contributed by atoms with Gasteiger partial charge in [0.25, 0.3) is 5.69 Å². The second-order valence-corrected chi connectivity index (χ2v) is 7.27. The van der Waals surface area contributed by atoms with Gasteiger partial charge < -0.3 is 4.74 Å². The van der Waals surface area contributed by atoms with Crippen LogP contribution < -0.4 is 0 Å². The molecule has 1 aromatic rings. The van der Waals surface area contributed by atoms with Crippen LogP contribution in [0.15, 0.2) is 24.3 Å². The third kappa shape index (κ3) is 2.32. The van der Waals surface area contributed by atoms with Crippen molar-refractivity contribution in [2.45, 2.75) is 52.1 Å². The predicted octanol–water partition coefficient (Wildman–Crippen LogP) is 3.74. The van der Waals surface area contributed by atoms with Crippen LogP contribution in [0.2, 0.25) is 0 Å². The molecule has 0 aromatic heterocycles. The average molecular weight is 331 g/mol. The fourth-order valence-electron chi connectivity index (χ4n) is 4.11. The predicted molar refractivity (Wildman–Crippen MR) is 86.2 cm³/mol. The number of para-hydroxylation sites is 1. The Morgan fingerprint density at radius 2 is 1.75 bits per heavy atom. The number of hydrogen-bond donors (Lipinski definition) is 0. The van der Waals surface area contributed by atoms with Crippen molar-refractivity contribution in [3.8, 4) is 0 Å². The van der Waals surface area contributed by atoms with Crippen molar-refractivity contribution in [2.24, 2.45) is 10.8 Å². The fourth-order valence-corrected chi connectivity index (χ4v) is 4.11. The number of rotatable bonds is 2. The van der Waals surface area contributed by atoms with Gasteiger partial charge in [0.1, 0.15) is 11.5 Å². The number of cyclic esters (lactones) is 1. The Kier molecular flexibility index (Phi) is 3.94. The van der Waals surface area contributed by atoms with Crippen LogP contribution >= 0.6 is 0 Å². The Labute approximate surface area is 140 Å². The van der Waals surface area contributed by atoms with Gasteiger partial charge in [-0.15, -0.1) is 0 Å². The summed E-state index contributed by atoms with van der Waals surface area (Å²) in [6.45, 7) is 3.17. The van der Waals surface area contributed by atoms with Gasteiger partial charge in [-0.1, -0.05) is 31.4 Å². The quantitative estimate of drug-likeness (QED) is 0.356. The van der Waals surface area contributed by atoms with Crippen molar-refractivity contribution < 1.29 is 19.2 Å². The van der Waals surface area contributed by atoms with Gasteiger partial charge in [-0.25, -0.2) is 0 Å². The molecule has 0 bridgehead atoms. The van der Waals surface area contributed by atoms with Crippen LogP contribution in [0.4, 0.5) is 5.69 Å². The molecule has 1 heterocycles. The highest BCUT2D eigenvalue weighted by atomic mass is 16.6. The third-order valence-electron chi connectivity index (χ3n) is 5.42. The summed E-state index contributed by atoms with van der Waals surface area (Å²) in [5.41, 5.74) is -1.85. The molecule has 0 amide bonds. The van der Waals surface area contributed by atoms with Crippen LogP contribution in [0.25, 0.3) is 0 Å². The van der Waals surface area contributed by atoms with Crippen LogP contribution in [0.1, 0.15) is 57.6 Å². The van der Waals surface area contributed by atoms with Crippen molar-refractivity contribution >= 4 is 17.4 Å². The number of benzene rings is 1. The molecule has 0 N–H and O–H groups in total. The summed E-state index contributed by atoms with van der Waals surface area (Å²) in [6, 6.07) is 6.24. The minimum atomic E-state index is -1.21. The number of nitro groups is 1. The molecule has 128 valence electrons. The van der Waals surface area contributed by atoms with Gasteiger partial charge in [-0.3, -0.25) is 19.7 Å². The fraction of sp³-hybridized carbons (Fsp3) is 0.556. The van der Waals surface area contributed by atoms with E-state index in [0.717, 1.165) is 19.3 Å². The zero-order valence-corrected chi connectivity index (χ0v) is 13.9. The Hall–Kier alpha value is -2.24. The van der Waals surface area contributed by atoms with Crippen LogP contribution in [0.3, 0.4) is 0 Å². The second kappa shape index (κ2) is 5.69. The van der Waals surface area contributed by atoms with Crippen molar-refractivity contribution in [1.29, 1.82) is 0 Å². The first-order valence-electron chi connectivity index (χ1n) is 8.30. The van der Waals surface area contributed by atoms with Gasteiger partial charge in [-0.2, -0.15) is 0 Å². The number of carbonyl (C=O) groups excluding carboxylic acids is 2. The maximum absolute atomic E-state index is 13.2. The SMILES string of the molecule is CC1(C)C(=O)OC(c2ccccc2[N+](=O)[O-])C2(CCCCC2)C1=O. The summed E-state index contributed by atoms with van der Waals surface area (Å²) in [5, 5.41) is 11.4. The number of ketones is 1. The number of nitrogens with zero attached hydrogens (tertiary/aromatic N) is 1. The second-order valence-electron chi connectivity index (χ2n) is 7.27. The molecule has 3 rings (SSSR count). The number of carbonyl (C=O) groups is 2. The zero-order valence-electron chi connectivity index (χ0n) is 13.9. The van der Waals surface area contributed by atoms with Gasteiger partial charge in [0.05, 0.1) is 15.9 Å². The van der Waals surface area contributed by atoms with Crippen molar-refractivity contribution in [3.63, 3.8) is 0 Å². The molecule has 6 heteroatoms. The normalized spacial score (nSPS) is 25.3. The van der Waals surface area contributed by atoms with Gasteiger partial charge in [-0.05, 0) is 32.8 Å². The number of nitro benzene ring substituents is 1. The van der Waals surface area contributed by atoms with Crippen LogP contribution in [-0.2, 0) is 14.3 Å². The molecule has 1 saturated carbocycles. The minimum Gasteiger partial charge on any atom is -0.455 e. The van der Waals surface area contributed by atoms with E-state index < -0.39 is 27.8 Å². The zero-order chi connectivity index (χ0) is 17.5. The van der Waals surface area contributed by atoms with E-state index in [9.17, 15) is 19.7 Å². The first-order valence-corrected chi connectivity index (χ1v) is 8.30. The molecule has 1 aliphatic carbocycles. The monoisotopic (exact) mass is 331 g/mol. The topological polar surface area (TPSA) is 86.5 Å². The van der Waals surface area contributed by atoms with Crippen molar-refractivity contribution in [3.05, 3.63) is 39.9 Å². The average Bonchev–Trinajstić information content (AvgIpc) is 2.58. The highest BCUT2D eigenvalue weighted by molar-refractivity contribution is 6.08. The summed E-state index contributed by atoms with van der Waals surface area (Å²) in [7, 11) is 0. The molecule has 2 aliphatic rings. The van der Waals surface area contributed by atoms with E-state index in [4.69, 9.17) is 4.74 Å². The first kappa shape index (κ1) is 16.6. The van der Waals surface area contributed by atoms with E-state index in [2.05, 4.69) is 0 Å². The smallest absolute Gasteiger partial charge is 0.319 e. The Morgan fingerprint density at radius 3 is 2.38 bits per heavy atom. The summed E-state index contributed by atoms with van der Waals surface area (Å²) in [4.78, 5) is 36.6.